The number of non-ortho nitro benzene ring substituents is 1. The van der Waals surface area contributed by atoms with Gasteiger partial charge in [-0.05, 0) is 24.4 Å². The molecule has 1 atom stereocenters. The van der Waals surface area contributed by atoms with Crippen molar-refractivity contribution in [1.29, 1.82) is 0 Å². The second-order valence-corrected chi connectivity index (χ2v) is 7.11. The lowest BCUT2D eigenvalue weighted by molar-refractivity contribution is -0.385. The first kappa shape index (κ1) is 16.4. The molecule has 1 unspecified atom stereocenters. The number of sulfonamides is 1. The number of nitrogens with zero attached hydrogens (tertiary/aromatic N) is 1. The minimum absolute atomic E-state index is 0.0694. The number of thiophene rings is 1. The summed E-state index contributed by atoms with van der Waals surface area (Å²) in [7, 11) is -2.60. The van der Waals surface area contributed by atoms with Crippen LogP contribution in [-0.4, -0.2) is 20.5 Å². The molecule has 2 rings (SSSR count). The molecule has 0 aliphatic heterocycles. The smallest absolute Gasteiger partial charge is 0.273 e. The first-order chi connectivity index (χ1) is 10.3. The van der Waals surface area contributed by atoms with E-state index in [1.165, 1.54) is 24.5 Å². The van der Waals surface area contributed by atoms with Crippen molar-refractivity contribution in [2.75, 3.05) is 7.11 Å². The van der Waals surface area contributed by atoms with Crippen molar-refractivity contribution in [3.05, 3.63) is 50.7 Å². The van der Waals surface area contributed by atoms with Crippen molar-refractivity contribution in [3.8, 4) is 5.75 Å². The second-order valence-electron chi connectivity index (χ2n) is 4.45. The minimum atomic E-state index is -3.86. The first-order valence-electron chi connectivity index (χ1n) is 6.23. The minimum Gasteiger partial charge on any atom is -0.495 e. The van der Waals surface area contributed by atoms with Gasteiger partial charge < -0.3 is 4.74 Å². The van der Waals surface area contributed by atoms with Gasteiger partial charge in [-0.15, -0.1) is 11.3 Å². The number of rotatable bonds is 6. The molecule has 0 saturated carbocycles. The third-order valence-electron chi connectivity index (χ3n) is 2.95. The predicted molar refractivity (Wildman–Crippen MR) is 82.7 cm³/mol. The fourth-order valence-corrected chi connectivity index (χ4v) is 4.07. The molecule has 1 heterocycles. The number of benzene rings is 1. The van der Waals surface area contributed by atoms with Crippen molar-refractivity contribution in [1.82, 2.24) is 4.72 Å². The summed E-state index contributed by atoms with van der Waals surface area (Å²) in [5, 5.41) is 12.6. The standard InChI is InChI=1S/C13H14N2O5S2/c1-9(12-4-3-7-21-12)14-22(18,19)13-6-5-10(15(16)17)8-11(13)20-2/h3-9,14H,1-2H3. The Morgan fingerprint density at radius 3 is 2.64 bits per heavy atom. The van der Waals surface area contributed by atoms with Crippen molar-refractivity contribution >= 4 is 27.0 Å². The topological polar surface area (TPSA) is 98.5 Å². The van der Waals surface area contributed by atoms with E-state index in [-0.39, 0.29) is 16.3 Å². The van der Waals surface area contributed by atoms with Gasteiger partial charge in [-0.3, -0.25) is 10.1 Å². The van der Waals surface area contributed by atoms with E-state index >= 15 is 0 Å². The Balaban J connectivity index is 2.35. The molecular weight excluding hydrogens is 328 g/mol. The molecule has 0 radical (unpaired) electrons. The second kappa shape index (κ2) is 6.42. The number of nitrogens with one attached hydrogen (secondary N) is 1. The van der Waals surface area contributed by atoms with Gasteiger partial charge in [0.1, 0.15) is 10.6 Å². The van der Waals surface area contributed by atoms with E-state index in [1.807, 2.05) is 17.5 Å². The average Bonchev–Trinajstić information content (AvgIpc) is 3.00. The zero-order valence-electron chi connectivity index (χ0n) is 11.8. The molecule has 7 nitrogen and oxygen atoms in total. The van der Waals surface area contributed by atoms with E-state index in [9.17, 15) is 18.5 Å². The Morgan fingerprint density at radius 1 is 1.36 bits per heavy atom. The van der Waals surface area contributed by atoms with Gasteiger partial charge in [0.25, 0.3) is 5.69 Å². The Hall–Kier alpha value is -1.97. The SMILES string of the molecule is COc1cc([N+](=O)[O-])ccc1S(=O)(=O)NC(C)c1cccs1. The van der Waals surface area contributed by atoms with Crippen LogP contribution in [-0.2, 0) is 10.0 Å². The molecule has 0 bridgehead atoms. The Kier molecular flexibility index (Phi) is 4.79. The molecular formula is C13H14N2O5S2. The monoisotopic (exact) mass is 342 g/mol. The molecule has 0 fully saturated rings. The van der Waals surface area contributed by atoms with E-state index in [2.05, 4.69) is 4.72 Å². The van der Waals surface area contributed by atoms with Crippen LogP contribution in [0, 0.1) is 10.1 Å². The molecule has 1 N–H and O–H groups in total. The zero-order valence-corrected chi connectivity index (χ0v) is 13.5. The maximum atomic E-state index is 12.4. The predicted octanol–water partition coefficient (Wildman–Crippen LogP) is 2.70. The zero-order chi connectivity index (χ0) is 16.3. The van der Waals surface area contributed by atoms with Crippen molar-refractivity contribution in [3.63, 3.8) is 0 Å². The van der Waals surface area contributed by atoms with Crippen LogP contribution in [0.2, 0.25) is 0 Å². The fourth-order valence-electron chi connectivity index (χ4n) is 1.88. The average molecular weight is 342 g/mol. The number of hydrogen-bond donors (Lipinski definition) is 1. The Labute approximate surface area is 131 Å². The Bertz CT molecular complexity index is 772. The molecule has 0 aliphatic rings. The highest BCUT2D eigenvalue weighted by atomic mass is 32.2. The first-order valence-corrected chi connectivity index (χ1v) is 8.59. The number of methoxy groups -OCH3 is 1. The quantitative estimate of drug-likeness (QED) is 0.643. The molecule has 0 saturated heterocycles. The summed E-state index contributed by atoms with van der Waals surface area (Å²) in [5.74, 6) is -0.0694. The van der Waals surface area contributed by atoms with Crippen LogP contribution < -0.4 is 9.46 Å². The van der Waals surface area contributed by atoms with Gasteiger partial charge in [-0.25, -0.2) is 13.1 Å². The maximum Gasteiger partial charge on any atom is 0.273 e. The summed E-state index contributed by atoms with van der Waals surface area (Å²) < 4.78 is 32.4. The van der Waals surface area contributed by atoms with E-state index in [4.69, 9.17) is 4.74 Å². The normalized spacial score (nSPS) is 12.8. The van der Waals surface area contributed by atoms with Crippen molar-refractivity contribution < 1.29 is 18.1 Å². The highest BCUT2D eigenvalue weighted by Crippen LogP contribution is 2.29. The molecule has 1 aromatic carbocycles. The number of hydrogen-bond acceptors (Lipinski definition) is 6. The number of ether oxygens (including phenoxy) is 1. The van der Waals surface area contributed by atoms with Gasteiger partial charge in [0.2, 0.25) is 10.0 Å². The van der Waals surface area contributed by atoms with Gasteiger partial charge in [0.05, 0.1) is 24.1 Å². The van der Waals surface area contributed by atoms with Crippen LogP contribution >= 0.6 is 11.3 Å². The van der Waals surface area contributed by atoms with Crippen LogP contribution in [0.3, 0.4) is 0 Å². The summed E-state index contributed by atoms with van der Waals surface area (Å²) in [4.78, 5) is 10.9. The summed E-state index contributed by atoms with van der Waals surface area (Å²) in [6, 6.07) is 6.63. The summed E-state index contributed by atoms with van der Waals surface area (Å²) >= 11 is 1.44. The maximum absolute atomic E-state index is 12.4. The van der Waals surface area contributed by atoms with Gasteiger partial charge in [0, 0.05) is 10.9 Å². The number of nitro groups is 1. The van der Waals surface area contributed by atoms with Crippen LogP contribution in [0.4, 0.5) is 5.69 Å². The van der Waals surface area contributed by atoms with Gasteiger partial charge >= 0.3 is 0 Å². The van der Waals surface area contributed by atoms with Crippen molar-refractivity contribution in [2.24, 2.45) is 0 Å². The molecule has 2 aromatic rings. The van der Waals surface area contributed by atoms with Crippen LogP contribution in [0.15, 0.2) is 40.6 Å². The highest BCUT2D eigenvalue weighted by molar-refractivity contribution is 7.89. The lowest BCUT2D eigenvalue weighted by Gasteiger charge is -2.14. The summed E-state index contributed by atoms with van der Waals surface area (Å²) in [6.45, 7) is 1.72. The largest absolute Gasteiger partial charge is 0.495 e. The molecule has 22 heavy (non-hydrogen) atoms. The lowest BCUT2D eigenvalue weighted by atomic mass is 10.3. The van der Waals surface area contributed by atoms with E-state index in [0.29, 0.717) is 0 Å². The summed E-state index contributed by atoms with van der Waals surface area (Å²) in [5.41, 5.74) is -0.234. The van der Waals surface area contributed by atoms with E-state index < -0.39 is 21.0 Å². The van der Waals surface area contributed by atoms with E-state index in [1.54, 1.807) is 6.92 Å². The van der Waals surface area contributed by atoms with Crippen LogP contribution in [0.1, 0.15) is 17.8 Å². The Morgan fingerprint density at radius 2 is 2.09 bits per heavy atom. The molecule has 9 heteroatoms. The third-order valence-corrected chi connectivity index (χ3v) is 5.58. The molecule has 0 aliphatic carbocycles. The van der Waals surface area contributed by atoms with Gasteiger partial charge in [0.15, 0.2) is 0 Å². The third kappa shape index (κ3) is 3.43. The highest BCUT2D eigenvalue weighted by Gasteiger charge is 2.24. The fraction of sp³-hybridized carbons (Fsp3) is 0.231. The van der Waals surface area contributed by atoms with E-state index in [0.717, 1.165) is 17.0 Å². The van der Waals surface area contributed by atoms with Crippen LogP contribution in [0.5, 0.6) is 5.75 Å². The lowest BCUT2D eigenvalue weighted by Crippen LogP contribution is -2.26. The molecule has 118 valence electrons. The van der Waals surface area contributed by atoms with Crippen LogP contribution in [0.25, 0.3) is 0 Å². The summed E-state index contributed by atoms with van der Waals surface area (Å²) in [6.07, 6.45) is 0. The van der Waals surface area contributed by atoms with Gasteiger partial charge in [-0.1, -0.05) is 6.07 Å². The molecule has 0 spiro atoms. The van der Waals surface area contributed by atoms with Gasteiger partial charge in [-0.2, -0.15) is 0 Å². The number of nitro benzene ring substituents is 1. The molecule has 1 aromatic heterocycles. The van der Waals surface area contributed by atoms with Crippen molar-refractivity contribution in [2.45, 2.75) is 17.9 Å². The molecule has 0 amide bonds.